The number of esters is 1. The van der Waals surface area contributed by atoms with Crippen LogP contribution in [-0.4, -0.2) is 71.1 Å². The Hall–Kier alpha value is -4.13. The number of aliphatic hydroxyl groups excluding tert-OH is 1. The number of aromatic hydroxyl groups is 1. The fourth-order valence-corrected chi connectivity index (χ4v) is 6.91. The Bertz CT molecular complexity index is 1580. The number of benzene rings is 1. The molecule has 0 radical (unpaired) electrons. The van der Waals surface area contributed by atoms with Crippen molar-refractivity contribution in [2.45, 2.75) is 101 Å². The van der Waals surface area contributed by atoms with Crippen LogP contribution in [0.4, 0.5) is 11.4 Å². The molecular weight excluding hydrogens is 658 g/mol. The number of aryl methyl sites for hydroxylation is 1. The number of phenols is 1. The van der Waals surface area contributed by atoms with E-state index in [4.69, 9.17) is 9.47 Å². The molecule has 0 aromatic heterocycles. The van der Waals surface area contributed by atoms with Gasteiger partial charge in [0, 0.05) is 25.0 Å². The zero-order valence-electron chi connectivity index (χ0n) is 29.2. The van der Waals surface area contributed by atoms with E-state index in [2.05, 4.69) is 16.0 Å². The van der Waals surface area contributed by atoms with Crippen molar-refractivity contribution >= 4 is 46.8 Å². The maximum atomic E-state index is 13.2. The first-order chi connectivity index (χ1) is 24.0. The standard InChI is InChI=1S/C38H49N3O8S/c1-23-14-13-17-27-20-29-36(50-22-32(43)40-29)33(35(27)45)41-31(42)21-28(48-4)18-11-6-5-7-12-19-30(24(2)34(23)44)49-38(47)25(3)39-37(46)26-15-9-8-10-16-26/h5-7,11-12,14-15,18,20,24-25,28,30,34,44-45H,8-10,13,16-17,19,21-22H2,1-4H3,(H,39,46)(H,40,43)(H,41,42)/b6-5+,12-7+,18-11+,23-14+/t24-,25+,28+,30-,34-/m0/s1. The summed E-state index contributed by atoms with van der Waals surface area (Å²) in [6, 6.07) is 0.833. The van der Waals surface area contributed by atoms with Gasteiger partial charge in [-0.2, -0.15) is 0 Å². The van der Waals surface area contributed by atoms with Crippen LogP contribution in [0, 0.1) is 5.92 Å². The zero-order valence-corrected chi connectivity index (χ0v) is 30.0. The van der Waals surface area contributed by atoms with Crippen LogP contribution in [0.1, 0.15) is 71.3 Å². The molecule has 0 saturated heterocycles. The summed E-state index contributed by atoms with van der Waals surface area (Å²) < 4.78 is 11.4. The molecule has 3 aliphatic rings. The first kappa shape index (κ1) is 38.7. The van der Waals surface area contributed by atoms with E-state index in [9.17, 15) is 29.4 Å². The second-order valence-corrected chi connectivity index (χ2v) is 13.9. The van der Waals surface area contributed by atoms with Crippen LogP contribution in [0.25, 0.3) is 0 Å². The number of carbonyl (C=O) groups is 4. The minimum absolute atomic E-state index is 0.00657. The highest BCUT2D eigenvalue weighted by Crippen LogP contribution is 2.45. The molecule has 5 N–H and O–H groups in total. The normalized spacial score (nSPS) is 27.3. The Morgan fingerprint density at radius 1 is 1.04 bits per heavy atom. The summed E-state index contributed by atoms with van der Waals surface area (Å²) >= 11 is 1.24. The maximum absolute atomic E-state index is 13.2. The zero-order chi connectivity index (χ0) is 36.2. The van der Waals surface area contributed by atoms with Gasteiger partial charge in [-0.3, -0.25) is 14.4 Å². The third-order valence-corrected chi connectivity index (χ3v) is 10.2. The molecule has 1 aromatic carbocycles. The van der Waals surface area contributed by atoms with Crippen molar-refractivity contribution in [2.24, 2.45) is 5.92 Å². The number of phenolic OH excluding ortho intramolecular Hbond substituents is 1. The number of nitrogens with one attached hydrogen (secondary N) is 3. The number of hydrogen-bond donors (Lipinski definition) is 5. The van der Waals surface area contributed by atoms with Gasteiger partial charge in [-0.1, -0.05) is 55.5 Å². The topological polar surface area (TPSA) is 163 Å². The third kappa shape index (κ3) is 10.7. The smallest absolute Gasteiger partial charge is 0.328 e. The van der Waals surface area contributed by atoms with Crippen molar-refractivity contribution < 1.29 is 38.9 Å². The van der Waals surface area contributed by atoms with E-state index in [1.54, 1.807) is 50.3 Å². The molecule has 3 amide bonds. The molecule has 2 aliphatic heterocycles. The lowest BCUT2D eigenvalue weighted by Gasteiger charge is -2.29. The lowest BCUT2D eigenvalue weighted by Crippen LogP contribution is -2.43. The number of fused-ring (bicyclic) bond motifs is 4. The molecule has 11 nitrogen and oxygen atoms in total. The molecule has 0 spiro atoms. The van der Waals surface area contributed by atoms with Crippen molar-refractivity contribution in [1.82, 2.24) is 5.32 Å². The summed E-state index contributed by atoms with van der Waals surface area (Å²) in [5, 5.41) is 31.1. The van der Waals surface area contributed by atoms with Gasteiger partial charge in [0.15, 0.2) is 0 Å². The first-order valence-electron chi connectivity index (χ1n) is 17.2. The Balaban J connectivity index is 1.58. The van der Waals surface area contributed by atoms with Crippen LogP contribution in [0.3, 0.4) is 0 Å². The van der Waals surface area contributed by atoms with Crippen LogP contribution in [0.5, 0.6) is 5.75 Å². The molecule has 1 aromatic rings. The molecule has 0 unspecified atom stereocenters. The summed E-state index contributed by atoms with van der Waals surface area (Å²) in [5.74, 6) is -1.83. The molecule has 5 atom stereocenters. The molecule has 1 aliphatic carbocycles. The molecule has 2 bridgehead atoms. The van der Waals surface area contributed by atoms with E-state index in [-0.39, 0.29) is 41.3 Å². The Morgan fingerprint density at radius 3 is 2.56 bits per heavy atom. The number of anilines is 2. The van der Waals surface area contributed by atoms with Crippen LogP contribution in [-0.2, 0) is 35.1 Å². The number of hydrogen-bond acceptors (Lipinski definition) is 9. The molecule has 270 valence electrons. The van der Waals surface area contributed by atoms with Crippen molar-refractivity contribution in [3.05, 3.63) is 71.4 Å². The maximum Gasteiger partial charge on any atom is 0.328 e. The molecule has 0 fully saturated rings. The number of allylic oxidation sites excluding steroid dienone is 6. The van der Waals surface area contributed by atoms with Gasteiger partial charge < -0.3 is 35.6 Å². The van der Waals surface area contributed by atoms with Gasteiger partial charge in [0.25, 0.3) is 0 Å². The molecule has 50 heavy (non-hydrogen) atoms. The molecule has 12 heteroatoms. The summed E-state index contributed by atoms with van der Waals surface area (Å²) in [7, 11) is 1.50. The fourth-order valence-electron chi connectivity index (χ4n) is 6.00. The number of ether oxygens (including phenoxy) is 2. The van der Waals surface area contributed by atoms with Crippen molar-refractivity contribution in [2.75, 3.05) is 23.5 Å². The van der Waals surface area contributed by atoms with Crippen molar-refractivity contribution in [3.63, 3.8) is 0 Å². The third-order valence-electron chi connectivity index (χ3n) is 9.05. The minimum atomic E-state index is -0.959. The van der Waals surface area contributed by atoms with Gasteiger partial charge in [0.05, 0.1) is 40.7 Å². The van der Waals surface area contributed by atoms with Crippen molar-refractivity contribution in [3.8, 4) is 5.75 Å². The average Bonchev–Trinajstić information content (AvgIpc) is 3.10. The lowest BCUT2D eigenvalue weighted by atomic mass is 9.90. The van der Waals surface area contributed by atoms with Gasteiger partial charge in [0.2, 0.25) is 17.7 Å². The number of aliphatic hydroxyl groups is 1. The second kappa shape index (κ2) is 18.7. The van der Waals surface area contributed by atoms with E-state index in [0.717, 1.165) is 19.3 Å². The predicted octanol–water partition coefficient (Wildman–Crippen LogP) is 5.65. The molecular formula is C38H49N3O8S. The summed E-state index contributed by atoms with van der Waals surface area (Å²) in [4.78, 5) is 51.8. The largest absolute Gasteiger partial charge is 0.505 e. The fraction of sp³-hybridized carbons (Fsp3) is 0.474. The van der Waals surface area contributed by atoms with E-state index >= 15 is 0 Å². The SMILES string of the molecule is CO[C@@H]1/C=C/C=C/C=C/C[C@H](OC(=O)[C@@H](C)NC(=O)C2=CCCCC2)[C@H](C)[C@@H](O)/C(C)=C/CCc2cc3c(c(c2O)NC(=O)C1)SCC(=O)N3. The predicted molar refractivity (Wildman–Crippen MR) is 195 cm³/mol. The second-order valence-electron chi connectivity index (χ2n) is 12.9. The van der Waals surface area contributed by atoms with E-state index in [0.29, 0.717) is 53.0 Å². The van der Waals surface area contributed by atoms with Gasteiger partial charge in [-0.05, 0) is 69.6 Å². The van der Waals surface area contributed by atoms with E-state index in [1.807, 2.05) is 25.2 Å². The van der Waals surface area contributed by atoms with Crippen LogP contribution < -0.4 is 16.0 Å². The minimum Gasteiger partial charge on any atom is -0.505 e. The highest BCUT2D eigenvalue weighted by molar-refractivity contribution is 8.00. The van der Waals surface area contributed by atoms with Gasteiger partial charge in [0.1, 0.15) is 17.9 Å². The average molecular weight is 708 g/mol. The first-order valence-corrected chi connectivity index (χ1v) is 18.2. The number of amides is 3. The Kier molecular flexibility index (Phi) is 14.5. The summed E-state index contributed by atoms with van der Waals surface area (Å²) in [5.41, 5.74) is 2.61. The summed E-state index contributed by atoms with van der Waals surface area (Å²) in [6.45, 7) is 5.20. The van der Waals surface area contributed by atoms with E-state index < -0.39 is 36.2 Å². The highest BCUT2D eigenvalue weighted by atomic mass is 32.2. The summed E-state index contributed by atoms with van der Waals surface area (Å²) in [6.07, 6.45) is 16.9. The quantitative estimate of drug-likeness (QED) is 0.113. The lowest BCUT2D eigenvalue weighted by molar-refractivity contribution is -0.156. The van der Waals surface area contributed by atoms with Crippen LogP contribution >= 0.6 is 11.8 Å². The molecule has 2 heterocycles. The molecule has 4 rings (SSSR count). The van der Waals surface area contributed by atoms with Crippen molar-refractivity contribution in [1.29, 1.82) is 0 Å². The number of carbonyl (C=O) groups excluding carboxylic acids is 4. The van der Waals surface area contributed by atoms with Crippen LogP contribution in [0.2, 0.25) is 0 Å². The van der Waals surface area contributed by atoms with Crippen LogP contribution in [0.15, 0.2) is 70.7 Å². The molecule has 0 saturated carbocycles. The Labute approximate surface area is 298 Å². The van der Waals surface area contributed by atoms with Gasteiger partial charge in [-0.25, -0.2) is 4.79 Å². The van der Waals surface area contributed by atoms with Gasteiger partial charge in [-0.15, -0.1) is 11.8 Å². The number of methoxy groups -OCH3 is 1. The monoisotopic (exact) mass is 707 g/mol. The van der Waals surface area contributed by atoms with E-state index in [1.165, 1.54) is 18.9 Å². The number of rotatable bonds is 5. The highest BCUT2D eigenvalue weighted by Gasteiger charge is 2.31. The van der Waals surface area contributed by atoms with Gasteiger partial charge >= 0.3 is 5.97 Å². The number of thioether (sulfide) groups is 1. The Morgan fingerprint density at radius 2 is 1.82 bits per heavy atom.